The van der Waals surface area contributed by atoms with Crippen LogP contribution in [0, 0.1) is 0 Å². The molecule has 3 N–H and O–H groups in total. The van der Waals surface area contributed by atoms with E-state index in [0.717, 1.165) is 16.5 Å². The van der Waals surface area contributed by atoms with Gasteiger partial charge < -0.3 is 24.9 Å². The molecule has 1 unspecified atom stereocenters. The number of carboxylic acids is 1. The number of amides is 1. The quantitative estimate of drug-likeness (QED) is 0.567. The van der Waals surface area contributed by atoms with Crippen LogP contribution in [0.3, 0.4) is 0 Å². The number of H-pyrrole nitrogens is 1. The van der Waals surface area contributed by atoms with Crippen LogP contribution in [0.4, 0.5) is 0 Å². The van der Waals surface area contributed by atoms with Gasteiger partial charge in [0.15, 0.2) is 6.61 Å². The van der Waals surface area contributed by atoms with Crippen LogP contribution in [0.15, 0.2) is 54.7 Å². The van der Waals surface area contributed by atoms with Gasteiger partial charge in [-0.1, -0.05) is 18.2 Å². The van der Waals surface area contributed by atoms with E-state index < -0.39 is 17.9 Å². The number of fused-ring (bicyclic) bond motifs is 1. The maximum Gasteiger partial charge on any atom is 0.326 e. The number of benzene rings is 2. The maximum absolute atomic E-state index is 12.1. The Hall–Kier alpha value is -3.48. The van der Waals surface area contributed by atoms with E-state index in [-0.39, 0.29) is 13.0 Å². The average Bonchev–Trinajstić information content (AvgIpc) is 3.09. The zero-order valence-corrected chi connectivity index (χ0v) is 14.8. The SMILES string of the molecule is COc1ccc(OCC(=O)NC(Cc2c[nH]c3ccccc23)C(=O)O)cc1. The molecule has 0 saturated carbocycles. The molecule has 1 atom stereocenters. The minimum atomic E-state index is -1.10. The lowest BCUT2D eigenvalue weighted by Gasteiger charge is -2.15. The molecule has 0 fully saturated rings. The number of carboxylic acid groups (broad SMARTS) is 1. The fourth-order valence-corrected chi connectivity index (χ4v) is 2.78. The van der Waals surface area contributed by atoms with E-state index >= 15 is 0 Å². The predicted octanol–water partition coefficient (Wildman–Crippen LogP) is 2.37. The number of aliphatic carboxylic acids is 1. The number of hydrogen-bond acceptors (Lipinski definition) is 4. The van der Waals surface area contributed by atoms with Crippen molar-refractivity contribution in [1.82, 2.24) is 10.3 Å². The second-order valence-electron chi connectivity index (χ2n) is 5.99. The van der Waals surface area contributed by atoms with Crippen LogP contribution in [0.5, 0.6) is 11.5 Å². The summed E-state index contributed by atoms with van der Waals surface area (Å²) < 4.78 is 10.4. The smallest absolute Gasteiger partial charge is 0.326 e. The largest absolute Gasteiger partial charge is 0.497 e. The number of ether oxygens (including phenoxy) is 2. The highest BCUT2D eigenvalue weighted by Crippen LogP contribution is 2.19. The Kier molecular flexibility index (Phi) is 5.61. The molecule has 0 radical (unpaired) electrons. The Morgan fingerprint density at radius 3 is 2.52 bits per heavy atom. The van der Waals surface area contributed by atoms with Gasteiger partial charge in [-0.15, -0.1) is 0 Å². The van der Waals surface area contributed by atoms with E-state index in [0.29, 0.717) is 11.5 Å². The van der Waals surface area contributed by atoms with Gasteiger partial charge in [0.05, 0.1) is 7.11 Å². The molecule has 3 aromatic rings. The van der Waals surface area contributed by atoms with Crippen molar-refractivity contribution in [3.8, 4) is 11.5 Å². The van der Waals surface area contributed by atoms with Crippen LogP contribution in [-0.2, 0) is 16.0 Å². The highest BCUT2D eigenvalue weighted by atomic mass is 16.5. The summed E-state index contributed by atoms with van der Waals surface area (Å²) in [7, 11) is 1.56. The standard InChI is InChI=1S/C20H20N2O5/c1-26-14-6-8-15(9-7-14)27-12-19(23)22-18(20(24)25)10-13-11-21-17-5-3-2-4-16(13)17/h2-9,11,18,21H,10,12H2,1H3,(H,22,23)(H,24,25). The minimum absolute atomic E-state index is 0.174. The first-order valence-electron chi connectivity index (χ1n) is 8.41. The number of rotatable bonds is 8. The van der Waals surface area contributed by atoms with Crippen LogP contribution in [0.2, 0.25) is 0 Å². The number of para-hydroxylation sites is 1. The first-order chi connectivity index (χ1) is 13.1. The summed E-state index contributed by atoms with van der Waals surface area (Å²) in [4.78, 5) is 26.8. The molecule has 27 heavy (non-hydrogen) atoms. The molecule has 2 aromatic carbocycles. The van der Waals surface area contributed by atoms with Crippen molar-refractivity contribution >= 4 is 22.8 Å². The molecule has 0 aliphatic carbocycles. The van der Waals surface area contributed by atoms with E-state index in [1.165, 1.54) is 0 Å². The van der Waals surface area contributed by atoms with E-state index in [9.17, 15) is 14.7 Å². The Labute approximate surface area is 155 Å². The molecule has 140 valence electrons. The van der Waals surface area contributed by atoms with E-state index in [1.807, 2.05) is 24.3 Å². The Bertz CT molecular complexity index is 933. The fraction of sp³-hybridized carbons (Fsp3) is 0.200. The summed E-state index contributed by atoms with van der Waals surface area (Å²) in [6, 6.07) is 13.3. The second-order valence-corrected chi connectivity index (χ2v) is 5.99. The van der Waals surface area contributed by atoms with Crippen molar-refractivity contribution in [2.45, 2.75) is 12.5 Å². The lowest BCUT2D eigenvalue weighted by molar-refractivity contribution is -0.142. The van der Waals surface area contributed by atoms with Crippen molar-refractivity contribution < 1.29 is 24.2 Å². The van der Waals surface area contributed by atoms with E-state index in [2.05, 4.69) is 10.3 Å². The molecular weight excluding hydrogens is 348 g/mol. The monoisotopic (exact) mass is 368 g/mol. The first kappa shape index (κ1) is 18.3. The number of aromatic nitrogens is 1. The molecule has 3 rings (SSSR count). The number of carbonyl (C=O) groups excluding carboxylic acids is 1. The third kappa shape index (κ3) is 4.58. The fourth-order valence-electron chi connectivity index (χ4n) is 2.78. The van der Waals surface area contributed by atoms with Gasteiger partial charge in [0, 0.05) is 23.5 Å². The van der Waals surface area contributed by atoms with Crippen LogP contribution in [-0.4, -0.2) is 41.7 Å². The molecule has 7 heteroatoms. The van der Waals surface area contributed by atoms with Gasteiger partial charge in [0.1, 0.15) is 17.5 Å². The average molecular weight is 368 g/mol. The van der Waals surface area contributed by atoms with E-state index in [1.54, 1.807) is 37.6 Å². The number of methoxy groups -OCH3 is 1. The zero-order valence-electron chi connectivity index (χ0n) is 14.8. The van der Waals surface area contributed by atoms with Gasteiger partial charge in [-0.3, -0.25) is 4.79 Å². The van der Waals surface area contributed by atoms with Gasteiger partial charge in [-0.25, -0.2) is 4.79 Å². The summed E-state index contributed by atoms with van der Waals surface area (Å²) in [6.45, 7) is -0.274. The summed E-state index contributed by atoms with van der Waals surface area (Å²) >= 11 is 0. The van der Waals surface area contributed by atoms with Crippen LogP contribution in [0.25, 0.3) is 10.9 Å². The third-order valence-corrected chi connectivity index (χ3v) is 4.16. The zero-order chi connectivity index (χ0) is 19.2. The number of carbonyl (C=O) groups is 2. The summed E-state index contributed by atoms with van der Waals surface area (Å²) in [6.07, 6.45) is 1.94. The van der Waals surface area contributed by atoms with Gasteiger partial charge in [0.25, 0.3) is 5.91 Å². The topological polar surface area (TPSA) is 101 Å². The van der Waals surface area contributed by atoms with Crippen LogP contribution < -0.4 is 14.8 Å². The van der Waals surface area contributed by atoms with Crippen molar-refractivity contribution in [3.63, 3.8) is 0 Å². The van der Waals surface area contributed by atoms with Gasteiger partial charge in [0.2, 0.25) is 0 Å². The molecule has 1 aromatic heterocycles. The summed E-state index contributed by atoms with van der Waals surface area (Å²) in [5.74, 6) is -0.429. The van der Waals surface area contributed by atoms with Gasteiger partial charge in [-0.05, 0) is 35.9 Å². The number of aromatic amines is 1. The van der Waals surface area contributed by atoms with Crippen molar-refractivity contribution in [1.29, 1.82) is 0 Å². The predicted molar refractivity (Wildman–Crippen MR) is 100 cm³/mol. The van der Waals surface area contributed by atoms with Crippen LogP contribution >= 0.6 is 0 Å². The molecule has 0 saturated heterocycles. The molecule has 0 aliphatic heterocycles. The summed E-state index contributed by atoms with van der Waals surface area (Å²) in [5.41, 5.74) is 1.75. The molecule has 7 nitrogen and oxygen atoms in total. The minimum Gasteiger partial charge on any atom is -0.497 e. The summed E-state index contributed by atoms with van der Waals surface area (Å²) in [5, 5.41) is 12.9. The molecule has 0 aliphatic rings. The third-order valence-electron chi connectivity index (χ3n) is 4.16. The second kappa shape index (κ2) is 8.27. The van der Waals surface area contributed by atoms with Crippen molar-refractivity contribution in [3.05, 3.63) is 60.3 Å². The molecule has 1 amide bonds. The molecule has 0 spiro atoms. The highest BCUT2D eigenvalue weighted by molar-refractivity contribution is 5.87. The van der Waals surface area contributed by atoms with Gasteiger partial charge >= 0.3 is 5.97 Å². The number of nitrogens with one attached hydrogen (secondary N) is 2. The molecule has 1 heterocycles. The normalized spacial score (nSPS) is 11.7. The molecule has 0 bridgehead atoms. The Morgan fingerprint density at radius 1 is 1.11 bits per heavy atom. The lowest BCUT2D eigenvalue weighted by atomic mass is 10.1. The Balaban J connectivity index is 1.60. The van der Waals surface area contributed by atoms with Crippen molar-refractivity contribution in [2.24, 2.45) is 0 Å². The number of hydrogen-bond donors (Lipinski definition) is 3. The first-order valence-corrected chi connectivity index (χ1v) is 8.41. The lowest BCUT2D eigenvalue weighted by Crippen LogP contribution is -2.44. The van der Waals surface area contributed by atoms with E-state index in [4.69, 9.17) is 9.47 Å². The maximum atomic E-state index is 12.1. The molecular formula is C20H20N2O5. The Morgan fingerprint density at radius 2 is 1.81 bits per heavy atom. The van der Waals surface area contributed by atoms with Crippen LogP contribution in [0.1, 0.15) is 5.56 Å². The van der Waals surface area contributed by atoms with Gasteiger partial charge in [-0.2, -0.15) is 0 Å². The van der Waals surface area contributed by atoms with Crippen molar-refractivity contribution in [2.75, 3.05) is 13.7 Å². The highest BCUT2D eigenvalue weighted by Gasteiger charge is 2.22.